The number of methoxy groups -OCH3 is 1. The van der Waals surface area contributed by atoms with Gasteiger partial charge in [0.1, 0.15) is 28.6 Å². The number of rotatable bonds is 6. The van der Waals surface area contributed by atoms with Crippen LogP contribution in [-0.2, 0) is 20.8 Å². The van der Waals surface area contributed by atoms with Crippen LogP contribution in [0.25, 0.3) is 16.9 Å². The van der Waals surface area contributed by atoms with Gasteiger partial charge in [0.2, 0.25) is 5.78 Å². The molecule has 0 aliphatic heterocycles. The number of hydrogen-bond donors (Lipinski definition) is 6. The van der Waals surface area contributed by atoms with E-state index in [1.165, 1.54) is 13.2 Å². The molecule has 8 N–H and O–H groups in total. The summed E-state index contributed by atoms with van der Waals surface area (Å²) in [4.78, 5) is 38.1. The van der Waals surface area contributed by atoms with E-state index >= 15 is 0 Å². The molecule has 0 spiro atoms. The second-order valence-corrected chi connectivity index (χ2v) is 10.5. The Morgan fingerprint density at radius 2 is 1.90 bits per heavy atom. The zero-order valence-corrected chi connectivity index (χ0v) is 21.8. The molecule has 208 valence electrons. The van der Waals surface area contributed by atoms with Crippen LogP contribution in [0.1, 0.15) is 42.0 Å². The molecule has 2 aromatic carbocycles. The minimum absolute atomic E-state index is 0.00692. The van der Waals surface area contributed by atoms with Crippen LogP contribution < -0.4 is 16.2 Å². The molecule has 0 heterocycles. The highest BCUT2D eigenvalue weighted by molar-refractivity contribution is 6.22. The predicted octanol–water partition coefficient (Wildman–Crippen LogP) is 2.68. The average Bonchev–Trinajstić information content (AvgIpc) is 2.90. The third kappa shape index (κ3) is 3.82. The fourth-order valence-electron chi connectivity index (χ4n) is 6.36. The first-order chi connectivity index (χ1) is 18.9. The van der Waals surface area contributed by atoms with E-state index in [9.17, 15) is 34.8 Å². The van der Waals surface area contributed by atoms with E-state index in [0.29, 0.717) is 28.9 Å². The van der Waals surface area contributed by atoms with Crippen LogP contribution in [-0.4, -0.2) is 50.6 Å². The van der Waals surface area contributed by atoms with E-state index in [-0.39, 0.29) is 42.2 Å². The van der Waals surface area contributed by atoms with Crippen molar-refractivity contribution >= 4 is 23.2 Å². The normalized spacial score (nSPS) is 24.7. The highest BCUT2D eigenvalue weighted by atomic mass is 16.5. The lowest BCUT2D eigenvalue weighted by Crippen LogP contribution is -2.58. The van der Waals surface area contributed by atoms with Crippen molar-refractivity contribution in [3.05, 3.63) is 76.6 Å². The summed E-state index contributed by atoms with van der Waals surface area (Å²) in [6.07, 6.45) is 2.09. The Labute approximate surface area is 229 Å². The van der Waals surface area contributed by atoms with Crippen LogP contribution in [0.2, 0.25) is 0 Å². The van der Waals surface area contributed by atoms with Gasteiger partial charge < -0.3 is 36.6 Å². The number of ether oxygens (including phenoxy) is 1. The number of aliphatic hydroxyl groups excluding tert-OH is 2. The minimum atomic E-state index is -2.61. The molecule has 1 unspecified atom stereocenters. The lowest BCUT2D eigenvalue weighted by Gasteiger charge is -2.46. The number of Topliss-reactive ketones (excluding diaryl/α,β-unsaturated/α-hetero) is 2. The highest BCUT2D eigenvalue weighted by Crippen LogP contribution is 2.53. The van der Waals surface area contributed by atoms with Gasteiger partial charge in [-0.15, -0.1) is 6.58 Å². The number of aromatic hydroxyl groups is 1. The first-order valence-corrected chi connectivity index (χ1v) is 12.8. The predicted molar refractivity (Wildman–Crippen MR) is 145 cm³/mol. The molecule has 0 aromatic heterocycles. The van der Waals surface area contributed by atoms with E-state index in [1.807, 2.05) is 12.1 Å². The molecule has 1 fully saturated rings. The molecule has 3 aliphatic carbocycles. The smallest absolute Gasteiger partial charge is 0.255 e. The molecule has 0 saturated heterocycles. The van der Waals surface area contributed by atoms with Gasteiger partial charge in [-0.1, -0.05) is 18.2 Å². The number of ketones is 2. The number of carbonyl (C=O) groups excluding carboxylic acids is 3. The van der Waals surface area contributed by atoms with Gasteiger partial charge in [-0.25, -0.2) is 0 Å². The van der Waals surface area contributed by atoms with Gasteiger partial charge in [0, 0.05) is 29.5 Å². The summed E-state index contributed by atoms with van der Waals surface area (Å²) in [7, 11) is 1.52. The van der Waals surface area contributed by atoms with Crippen molar-refractivity contribution in [1.29, 1.82) is 0 Å². The maximum Gasteiger partial charge on any atom is 0.255 e. The first-order valence-electron chi connectivity index (χ1n) is 12.8. The van der Waals surface area contributed by atoms with Gasteiger partial charge in [0.25, 0.3) is 5.91 Å². The Morgan fingerprint density at radius 3 is 2.55 bits per heavy atom. The molecule has 4 atom stereocenters. The van der Waals surface area contributed by atoms with Crippen LogP contribution in [0.3, 0.4) is 0 Å². The minimum Gasteiger partial charge on any atom is -0.508 e. The van der Waals surface area contributed by atoms with Gasteiger partial charge in [0.05, 0.1) is 12.7 Å². The van der Waals surface area contributed by atoms with Crippen molar-refractivity contribution in [2.75, 3.05) is 7.11 Å². The number of amides is 1. The summed E-state index contributed by atoms with van der Waals surface area (Å²) in [5, 5.41) is 44.4. The molecular formula is C30H30N2O8. The Balaban J connectivity index is 1.70. The van der Waals surface area contributed by atoms with Crippen molar-refractivity contribution in [3.8, 4) is 22.6 Å². The van der Waals surface area contributed by atoms with E-state index in [2.05, 4.69) is 6.58 Å². The maximum atomic E-state index is 13.7. The lowest BCUT2D eigenvalue weighted by molar-refractivity contribution is -0.147. The van der Waals surface area contributed by atoms with Crippen LogP contribution in [0.15, 0.2) is 59.9 Å². The van der Waals surface area contributed by atoms with E-state index in [4.69, 9.17) is 16.2 Å². The maximum absolute atomic E-state index is 13.7. The molecule has 3 aliphatic rings. The zero-order chi connectivity index (χ0) is 29.1. The van der Waals surface area contributed by atoms with Crippen molar-refractivity contribution in [2.45, 2.75) is 37.3 Å². The Bertz CT molecular complexity index is 1550. The number of primary amides is 1. The molecule has 5 rings (SSSR count). The molecule has 10 nitrogen and oxygen atoms in total. The molecule has 10 heteroatoms. The van der Waals surface area contributed by atoms with Crippen molar-refractivity contribution in [2.24, 2.45) is 23.3 Å². The lowest BCUT2D eigenvalue weighted by atomic mass is 9.59. The Kier molecular flexibility index (Phi) is 6.56. The monoisotopic (exact) mass is 546 g/mol. The summed E-state index contributed by atoms with van der Waals surface area (Å²) in [5.41, 5.74) is 10.6. The fraction of sp³-hybridized carbons (Fsp3) is 0.300. The molecule has 1 amide bonds. The summed E-state index contributed by atoms with van der Waals surface area (Å²) in [6.45, 7) is 3.74. The third-order valence-electron chi connectivity index (χ3n) is 8.31. The van der Waals surface area contributed by atoms with Crippen molar-refractivity contribution in [1.82, 2.24) is 0 Å². The van der Waals surface area contributed by atoms with Gasteiger partial charge in [0.15, 0.2) is 11.4 Å². The van der Waals surface area contributed by atoms with Crippen LogP contribution in [0.5, 0.6) is 11.5 Å². The number of phenolic OH excluding ortho intramolecular Hbond substituents is 1. The Hall–Kier alpha value is -4.41. The standard InChI is InChI=1S/C30H30N2O8/c1-3-4-19(31)13-5-8-22(40-2)17(10-13)16-6-7-20(33)24-18(16)11-14-9-15-12-21(34)25(29(32)38)28(37)30(15,39)27(36)23(14)26(24)35/h3,5-8,10,14-15,19,33,35,37,39H,1,4,9,11-12,31H2,2H3,(H2,32,38)/t14-,15+,19?,30+/m1/s1. The number of carbonyl (C=O) groups is 3. The molecule has 1 saturated carbocycles. The summed E-state index contributed by atoms with van der Waals surface area (Å²) in [6, 6.07) is 8.24. The average molecular weight is 547 g/mol. The van der Waals surface area contributed by atoms with E-state index in [1.54, 1.807) is 18.2 Å². The second-order valence-electron chi connectivity index (χ2n) is 10.5. The van der Waals surface area contributed by atoms with Crippen molar-refractivity contribution in [3.63, 3.8) is 0 Å². The summed E-state index contributed by atoms with van der Waals surface area (Å²) < 4.78 is 5.61. The molecule has 40 heavy (non-hydrogen) atoms. The number of phenols is 1. The summed E-state index contributed by atoms with van der Waals surface area (Å²) >= 11 is 0. The molecule has 2 aromatic rings. The quantitative estimate of drug-likeness (QED) is 0.233. The molecule has 0 radical (unpaired) electrons. The third-order valence-corrected chi connectivity index (χ3v) is 8.31. The summed E-state index contributed by atoms with van der Waals surface area (Å²) in [5.74, 6) is -6.19. The van der Waals surface area contributed by atoms with Crippen LogP contribution >= 0.6 is 0 Å². The highest BCUT2D eigenvalue weighted by Gasteiger charge is 2.60. The van der Waals surface area contributed by atoms with Crippen LogP contribution in [0, 0.1) is 11.8 Å². The number of benzene rings is 2. The Morgan fingerprint density at radius 1 is 1.18 bits per heavy atom. The van der Waals surface area contributed by atoms with Crippen LogP contribution in [0.4, 0.5) is 0 Å². The van der Waals surface area contributed by atoms with E-state index < -0.39 is 52.0 Å². The molecular weight excluding hydrogens is 516 g/mol. The number of fused-ring (bicyclic) bond motifs is 3. The zero-order valence-electron chi connectivity index (χ0n) is 21.8. The van der Waals surface area contributed by atoms with Gasteiger partial charge in [-0.2, -0.15) is 0 Å². The fourth-order valence-corrected chi connectivity index (χ4v) is 6.36. The van der Waals surface area contributed by atoms with Gasteiger partial charge in [-0.3, -0.25) is 14.4 Å². The number of hydrogen-bond acceptors (Lipinski definition) is 9. The number of nitrogens with two attached hydrogens (primary N) is 2. The van der Waals surface area contributed by atoms with Gasteiger partial charge >= 0.3 is 0 Å². The molecule has 0 bridgehead atoms. The van der Waals surface area contributed by atoms with Gasteiger partial charge in [-0.05, 0) is 60.1 Å². The first kappa shape index (κ1) is 27.2. The topological polar surface area (TPSA) is 193 Å². The number of aliphatic hydroxyl groups is 3. The van der Waals surface area contributed by atoms with Crippen molar-refractivity contribution < 1.29 is 39.5 Å². The second kappa shape index (κ2) is 9.65. The largest absolute Gasteiger partial charge is 0.508 e. The van der Waals surface area contributed by atoms with E-state index in [0.717, 1.165) is 5.56 Å². The SMILES string of the molecule is C=CCC(N)c1ccc(OC)c(-c2ccc(O)c3c2C[C@H]2C[C@H]4CC(=O)C(C(N)=O)=C(O)[C@@]4(O)C(=O)C2=C3O)c1.